The molecule has 0 aliphatic heterocycles. The fourth-order valence-corrected chi connectivity index (χ4v) is 1.89. The zero-order valence-corrected chi connectivity index (χ0v) is 10.6. The summed E-state index contributed by atoms with van der Waals surface area (Å²) in [5.74, 6) is 0. The van der Waals surface area contributed by atoms with Gasteiger partial charge in [-0.2, -0.15) is 0 Å². The molecular weight excluding hydrogens is 208 g/mol. The van der Waals surface area contributed by atoms with Crippen LogP contribution < -0.4 is 5.32 Å². The molecule has 17 heavy (non-hydrogen) atoms. The van der Waals surface area contributed by atoms with E-state index in [9.17, 15) is 0 Å². The minimum Gasteiger partial charge on any atom is -0.380 e. The van der Waals surface area contributed by atoms with Crippen LogP contribution in [-0.4, -0.2) is 4.98 Å². The highest BCUT2D eigenvalue weighted by molar-refractivity contribution is 5.44. The van der Waals surface area contributed by atoms with E-state index in [1.807, 2.05) is 12.4 Å². The third kappa shape index (κ3) is 3.06. The van der Waals surface area contributed by atoms with Crippen molar-refractivity contribution in [2.75, 3.05) is 5.32 Å². The van der Waals surface area contributed by atoms with Crippen LogP contribution in [0.1, 0.15) is 22.3 Å². The van der Waals surface area contributed by atoms with Crippen LogP contribution in [-0.2, 0) is 6.54 Å². The van der Waals surface area contributed by atoms with Gasteiger partial charge in [-0.3, -0.25) is 4.98 Å². The zero-order chi connectivity index (χ0) is 12.3. The Morgan fingerprint density at radius 3 is 2.53 bits per heavy atom. The Bertz CT molecular complexity index is 518. The molecular formula is C15H18N2. The van der Waals surface area contributed by atoms with Crippen molar-refractivity contribution in [3.05, 3.63) is 58.9 Å². The number of nitrogens with one attached hydrogen (secondary N) is 1. The highest BCUT2D eigenvalue weighted by Crippen LogP contribution is 2.13. The van der Waals surface area contributed by atoms with Gasteiger partial charge < -0.3 is 5.32 Å². The van der Waals surface area contributed by atoms with Crippen molar-refractivity contribution in [1.29, 1.82) is 0 Å². The average molecular weight is 226 g/mol. The number of anilines is 1. The first kappa shape index (κ1) is 11.6. The molecule has 2 rings (SSSR count). The van der Waals surface area contributed by atoms with Gasteiger partial charge in [-0.25, -0.2) is 0 Å². The lowest BCUT2D eigenvalue weighted by Crippen LogP contribution is -2.02. The quantitative estimate of drug-likeness (QED) is 0.864. The van der Waals surface area contributed by atoms with Crippen molar-refractivity contribution in [2.45, 2.75) is 27.3 Å². The van der Waals surface area contributed by atoms with Gasteiger partial charge in [0.1, 0.15) is 0 Å². The van der Waals surface area contributed by atoms with E-state index in [-0.39, 0.29) is 0 Å². The molecule has 0 radical (unpaired) electrons. The molecule has 0 saturated carbocycles. The lowest BCUT2D eigenvalue weighted by atomic mass is 10.1. The first-order chi connectivity index (χ1) is 8.15. The van der Waals surface area contributed by atoms with E-state index in [0.717, 1.165) is 12.2 Å². The summed E-state index contributed by atoms with van der Waals surface area (Å²) in [6.07, 6.45) is 3.72. The summed E-state index contributed by atoms with van der Waals surface area (Å²) in [6.45, 7) is 7.17. The molecule has 1 heterocycles. The van der Waals surface area contributed by atoms with E-state index < -0.39 is 0 Å². The number of rotatable bonds is 3. The topological polar surface area (TPSA) is 24.9 Å². The van der Waals surface area contributed by atoms with E-state index >= 15 is 0 Å². The predicted molar refractivity (Wildman–Crippen MR) is 72.2 cm³/mol. The Balaban J connectivity index is 2.07. The Hall–Kier alpha value is -1.83. The SMILES string of the molecule is Cc1cncc(NCc2ccc(C)cc2C)c1. The van der Waals surface area contributed by atoms with Gasteiger partial charge in [0, 0.05) is 18.9 Å². The van der Waals surface area contributed by atoms with Gasteiger partial charge in [0.05, 0.1) is 5.69 Å². The molecule has 0 bridgehead atoms. The van der Waals surface area contributed by atoms with Crippen LogP contribution in [0.2, 0.25) is 0 Å². The molecule has 2 nitrogen and oxygen atoms in total. The number of aromatic nitrogens is 1. The predicted octanol–water partition coefficient (Wildman–Crippen LogP) is 3.62. The summed E-state index contributed by atoms with van der Waals surface area (Å²) in [6, 6.07) is 8.65. The summed E-state index contributed by atoms with van der Waals surface area (Å²) >= 11 is 0. The summed E-state index contributed by atoms with van der Waals surface area (Å²) in [4.78, 5) is 4.17. The molecule has 2 heteroatoms. The van der Waals surface area contributed by atoms with E-state index in [4.69, 9.17) is 0 Å². The minimum absolute atomic E-state index is 0.844. The molecule has 2 aromatic rings. The fourth-order valence-electron chi connectivity index (χ4n) is 1.89. The van der Waals surface area contributed by atoms with Crippen molar-refractivity contribution < 1.29 is 0 Å². The molecule has 1 aromatic carbocycles. The van der Waals surface area contributed by atoms with Crippen molar-refractivity contribution in [3.8, 4) is 0 Å². The zero-order valence-electron chi connectivity index (χ0n) is 10.6. The Labute approximate surface area is 103 Å². The van der Waals surface area contributed by atoms with Gasteiger partial charge in [0.2, 0.25) is 0 Å². The summed E-state index contributed by atoms with van der Waals surface area (Å²) in [5, 5.41) is 3.40. The molecule has 0 aliphatic carbocycles. The van der Waals surface area contributed by atoms with Crippen LogP contribution in [0, 0.1) is 20.8 Å². The first-order valence-corrected chi connectivity index (χ1v) is 5.87. The van der Waals surface area contributed by atoms with E-state index in [1.54, 1.807) is 0 Å². The number of hydrogen-bond donors (Lipinski definition) is 1. The highest BCUT2D eigenvalue weighted by atomic mass is 14.9. The summed E-state index contributed by atoms with van der Waals surface area (Å²) in [7, 11) is 0. The highest BCUT2D eigenvalue weighted by Gasteiger charge is 1.99. The Morgan fingerprint density at radius 2 is 1.82 bits per heavy atom. The second kappa shape index (κ2) is 5.00. The van der Waals surface area contributed by atoms with Gasteiger partial charge in [0.25, 0.3) is 0 Å². The molecule has 0 amide bonds. The molecule has 0 saturated heterocycles. The lowest BCUT2D eigenvalue weighted by molar-refractivity contribution is 1.10. The number of benzene rings is 1. The van der Waals surface area contributed by atoms with Gasteiger partial charge in [-0.05, 0) is 43.5 Å². The minimum atomic E-state index is 0.844. The molecule has 0 unspecified atom stereocenters. The van der Waals surface area contributed by atoms with E-state index in [0.29, 0.717) is 0 Å². The maximum absolute atomic E-state index is 4.17. The second-order valence-corrected chi connectivity index (χ2v) is 4.53. The molecule has 0 aliphatic rings. The number of hydrogen-bond acceptors (Lipinski definition) is 2. The van der Waals surface area contributed by atoms with Gasteiger partial charge in [-0.1, -0.05) is 23.8 Å². The molecule has 0 atom stereocenters. The van der Waals surface area contributed by atoms with E-state index in [1.165, 1.54) is 22.3 Å². The third-order valence-electron chi connectivity index (χ3n) is 2.86. The largest absolute Gasteiger partial charge is 0.380 e. The van der Waals surface area contributed by atoms with E-state index in [2.05, 4.69) is 55.3 Å². The first-order valence-electron chi connectivity index (χ1n) is 5.87. The Morgan fingerprint density at radius 1 is 1.00 bits per heavy atom. The molecule has 1 N–H and O–H groups in total. The van der Waals surface area contributed by atoms with Crippen LogP contribution >= 0.6 is 0 Å². The molecule has 0 spiro atoms. The fraction of sp³-hybridized carbons (Fsp3) is 0.267. The van der Waals surface area contributed by atoms with Crippen LogP contribution in [0.25, 0.3) is 0 Å². The number of nitrogens with zero attached hydrogens (tertiary/aromatic N) is 1. The van der Waals surface area contributed by atoms with Gasteiger partial charge >= 0.3 is 0 Å². The smallest absolute Gasteiger partial charge is 0.0532 e. The van der Waals surface area contributed by atoms with Crippen molar-refractivity contribution in [1.82, 2.24) is 4.98 Å². The maximum Gasteiger partial charge on any atom is 0.0532 e. The van der Waals surface area contributed by atoms with Crippen molar-refractivity contribution in [3.63, 3.8) is 0 Å². The van der Waals surface area contributed by atoms with Gasteiger partial charge in [0.15, 0.2) is 0 Å². The van der Waals surface area contributed by atoms with Crippen molar-refractivity contribution >= 4 is 5.69 Å². The van der Waals surface area contributed by atoms with Crippen LogP contribution in [0.4, 0.5) is 5.69 Å². The van der Waals surface area contributed by atoms with Gasteiger partial charge in [-0.15, -0.1) is 0 Å². The van der Waals surface area contributed by atoms with Crippen LogP contribution in [0.5, 0.6) is 0 Å². The average Bonchev–Trinajstić information content (AvgIpc) is 2.28. The molecule has 0 fully saturated rings. The summed E-state index contributed by atoms with van der Waals surface area (Å²) < 4.78 is 0. The maximum atomic E-state index is 4.17. The van der Waals surface area contributed by atoms with Crippen LogP contribution in [0.3, 0.4) is 0 Å². The second-order valence-electron chi connectivity index (χ2n) is 4.53. The normalized spacial score (nSPS) is 10.3. The van der Waals surface area contributed by atoms with Crippen LogP contribution in [0.15, 0.2) is 36.7 Å². The number of pyridine rings is 1. The Kier molecular flexibility index (Phi) is 3.43. The standard InChI is InChI=1S/C15H18N2/c1-11-4-5-14(13(3)6-11)9-17-15-7-12(2)8-16-10-15/h4-8,10,17H,9H2,1-3H3. The molecule has 88 valence electrons. The number of aryl methyl sites for hydroxylation is 3. The van der Waals surface area contributed by atoms with Crippen molar-refractivity contribution in [2.24, 2.45) is 0 Å². The lowest BCUT2D eigenvalue weighted by Gasteiger charge is -2.09. The third-order valence-corrected chi connectivity index (χ3v) is 2.86. The molecule has 1 aromatic heterocycles. The monoisotopic (exact) mass is 226 g/mol. The summed E-state index contributed by atoms with van der Waals surface area (Å²) in [5.41, 5.74) is 6.22.